The number of ether oxygens (including phenoxy) is 1. The van der Waals surface area contributed by atoms with Crippen LogP contribution in [0.25, 0.3) is 0 Å². The summed E-state index contributed by atoms with van der Waals surface area (Å²) in [6, 6.07) is 8.28. The normalized spacial score (nSPS) is 11.1. The first-order chi connectivity index (χ1) is 10.0. The summed E-state index contributed by atoms with van der Waals surface area (Å²) in [6.45, 7) is 8.58. The summed E-state index contributed by atoms with van der Waals surface area (Å²) in [5.41, 5.74) is 3.39. The van der Waals surface area contributed by atoms with Gasteiger partial charge >= 0.3 is 0 Å². The Balaban J connectivity index is 1.70. The van der Waals surface area contributed by atoms with E-state index in [1.165, 1.54) is 11.1 Å². The number of benzene rings is 1. The van der Waals surface area contributed by atoms with Crippen LogP contribution in [0.2, 0.25) is 0 Å². The van der Waals surface area contributed by atoms with E-state index in [9.17, 15) is 0 Å². The zero-order valence-corrected chi connectivity index (χ0v) is 13.3. The van der Waals surface area contributed by atoms with Crippen molar-refractivity contribution < 1.29 is 9.26 Å². The highest BCUT2D eigenvalue weighted by atomic mass is 16.5. The molecule has 0 saturated carbocycles. The van der Waals surface area contributed by atoms with Crippen molar-refractivity contribution in [3.63, 3.8) is 0 Å². The summed E-state index contributed by atoms with van der Waals surface area (Å²) in [4.78, 5) is 2.23. The van der Waals surface area contributed by atoms with Gasteiger partial charge in [0.25, 0.3) is 0 Å². The van der Waals surface area contributed by atoms with Gasteiger partial charge in [-0.1, -0.05) is 17.3 Å². The van der Waals surface area contributed by atoms with E-state index in [0.29, 0.717) is 0 Å². The molecule has 0 spiro atoms. The zero-order valence-electron chi connectivity index (χ0n) is 13.3. The smallest absolute Gasteiger partial charge is 0.133 e. The first-order valence-corrected chi connectivity index (χ1v) is 7.35. The topological polar surface area (TPSA) is 38.5 Å². The number of aryl methyl sites for hydroxylation is 3. The monoisotopic (exact) mass is 288 g/mol. The van der Waals surface area contributed by atoms with Crippen LogP contribution in [-0.4, -0.2) is 30.3 Å². The van der Waals surface area contributed by atoms with E-state index in [4.69, 9.17) is 9.26 Å². The van der Waals surface area contributed by atoms with E-state index in [0.717, 1.165) is 43.3 Å². The molecule has 0 aliphatic rings. The van der Waals surface area contributed by atoms with Crippen molar-refractivity contribution in [2.24, 2.45) is 0 Å². The van der Waals surface area contributed by atoms with Gasteiger partial charge in [-0.15, -0.1) is 0 Å². The molecule has 4 nitrogen and oxygen atoms in total. The van der Waals surface area contributed by atoms with E-state index >= 15 is 0 Å². The Morgan fingerprint density at radius 2 is 2.00 bits per heavy atom. The van der Waals surface area contributed by atoms with Crippen LogP contribution in [-0.2, 0) is 6.54 Å². The molecule has 2 rings (SSSR count). The van der Waals surface area contributed by atoms with Crippen LogP contribution in [0.4, 0.5) is 0 Å². The Hall–Kier alpha value is -1.81. The second kappa shape index (κ2) is 7.27. The lowest BCUT2D eigenvalue weighted by molar-refractivity contribution is 0.253. The van der Waals surface area contributed by atoms with E-state index in [2.05, 4.69) is 49.2 Å². The maximum Gasteiger partial charge on any atom is 0.133 e. The maximum atomic E-state index is 5.86. The molecule has 2 aromatic rings. The van der Waals surface area contributed by atoms with Crippen molar-refractivity contribution in [2.75, 3.05) is 20.2 Å². The molecule has 1 heterocycles. The number of nitrogens with zero attached hydrogens (tertiary/aromatic N) is 2. The Bertz CT molecular complexity index is 578. The third kappa shape index (κ3) is 4.90. The van der Waals surface area contributed by atoms with Gasteiger partial charge in [0.15, 0.2) is 0 Å². The van der Waals surface area contributed by atoms with Gasteiger partial charge in [0.05, 0.1) is 12.3 Å². The number of aromatic nitrogens is 1. The van der Waals surface area contributed by atoms with Crippen molar-refractivity contribution in [1.29, 1.82) is 0 Å². The van der Waals surface area contributed by atoms with Gasteiger partial charge in [-0.2, -0.15) is 0 Å². The molecule has 0 fully saturated rings. The van der Waals surface area contributed by atoms with Crippen molar-refractivity contribution in [3.05, 3.63) is 46.8 Å². The average molecular weight is 288 g/mol. The van der Waals surface area contributed by atoms with Crippen LogP contribution in [0.5, 0.6) is 5.75 Å². The number of hydrogen-bond donors (Lipinski definition) is 0. The first kappa shape index (κ1) is 15.6. The fourth-order valence-electron chi connectivity index (χ4n) is 2.23. The Morgan fingerprint density at radius 1 is 1.19 bits per heavy atom. The predicted molar refractivity (Wildman–Crippen MR) is 83.6 cm³/mol. The van der Waals surface area contributed by atoms with Crippen molar-refractivity contribution in [2.45, 2.75) is 33.7 Å². The lowest BCUT2D eigenvalue weighted by Crippen LogP contribution is -2.21. The van der Waals surface area contributed by atoms with Crippen LogP contribution < -0.4 is 4.74 Å². The van der Waals surface area contributed by atoms with Gasteiger partial charge in [-0.3, -0.25) is 0 Å². The molecule has 0 unspecified atom stereocenters. The van der Waals surface area contributed by atoms with Gasteiger partial charge in [-0.05, 0) is 51.4 Å². The SMILES string of the molecule is Cc1ccc(C)c(OCCCN(C)Cc2cc(C)on2)c1. The second-order valence-corrected chi connectivity index (χ2v) is 5.64. The van der Waals surface area contributed by atoms with Crippen molar-refractivity contribution in [1.82, 2.24) is 10.1 Å². The predicted octanol–water partition coefficient (Wildman–Crippen LogP) is 3.50. The van der Waals surface area contributed by atoms with E-state index in [-0.39, 0.29) is 0 Å². The molecule has 0 aliphatic heterocycles. The highest BCUT2D eigenvalue weighted by Gasteiger charge is 2.05. The van der Waals surface area contributed by atoms with E-state index in [1.54, 1.807) is 0 Å². The van der Waals surface area contributed by atoms with E-state index in [1.807, 2.05) is 13.0 Å². The lowest BCUT2D eigenvalue weighted by atomic mass is 10.1. The quantitative estimate of drug-likeness (QED) is 0.731. The molecular weight excluding hydrogens is 264 g/mol. The first-order valence-electron chi connectivity index (χ1n) is 7.35. The minimum absolute atomic E-state index is 0.729. The molecule has 0 saturated heterocycles. The molecule has 4 heteroatoms. The Labute approximate surface area is 126 Å². The highest BCUT2D eigenvalue weighted by Crippen LogP contribution is 2.19. The third-order valence-corrected chi connectivity index (χ3v) is 3.39. The average Bonchev–Trinajstić information content (AvgIpc) is 2.84. The fourth-order valence-corrected chi connectivity index (χ4v) is 2.23. The highest BCUT2D eigenvalue weighted by molar-refractivity contribution is 5.35. The van der Waals surface area contributed by atoms with Crippen molar-refractivity contribution in [3.8, 4) is 5.75 Å². The summed E-state index contributed by atoms with van der Waals surface area (Å²) >= 11 is 0. The molecule has 114 valence electrons. The minimum Gasteiger partial charge on any atom is -0.493 e. The molecule has 0 radical (unpaired) electrons. The molecule has 1 aromatic heterocycles. The van der Waals surface area contributed by atoms with Crippen LogP contribution in [0.3, 0.4) is 0 Å². The van der Waals surface area contributed by atoms with Gasteiger partial charge in [0, 0.05) is 19.2 Å². The molecule has 0 bridgehead atoms. The van der Waals surface area contributed by atoms with Gasteiger partial charge in [0.2, 0.25) is 0 Å². The summed E-state index contributed by atoms with van der Waals surface area (Å²) in [5.74, 6) is 1.85. The summed E-state index contributed by atoms with van der Waals surface area (Å²) in [7, 11) is 2.09. The Morgan fingerprint density at radius 3 is 2.71 bits per heavy atom. The summed E-state index contributed by atoms with van der Waals surface area (Å²) < 4.78 is 10.9. The maximum absolute atomic E-state index is 5.86. The van der Waals surface area contributed by atoms with Crippen molar-refractivity contribution >= 4 is 0 Å². The molecular formula is C17H24N2O2. The summed E-state index contributed by atoms with van der Waals surface area (Å²) in [6.07, 6.45) is 0.987. The lowest BCUT2D eigenvalue weighted by Gasteiger charge is -2.15. The molecule has 0 N–H and O–H groups in total. The largest absolute Gasteiger partial charge is 0.493 e. The van der Waals surface area contributed by atoms with Crippen LogP contribution in [0.15, 0.2) is 28.8 Å². The summed E-state index contributed by atoms with van der Waals surface area (Å²) in [5, 5.41) is 4.00. The fraction of sp³-hybridized carbons (Fsp3) is 0.471. The molecule has 1 aromatic carbocycles. The number of rotatable bonds is 7. The second-order valence-electron chi connectivity index (χ2n) is 5.64. The Kier molecular flexibility index (Phi) is 5.39. The minimum atomic E-state index is 0.729. The molecule has 0 amide bonds. The zero-order chi connectivity index (χ0) is 15.2. The molecule has 0 aliphatic carbocycles. The standard InChI is InChI=1S/C17H24N2O2/c1-13-6-7-14(2)17(10-13)20-9-5-8-19(4)12-16-11-15(3)21-18-16/h6-7,10-11H,5,8-9,12H2,1-4H3. The molecule has 0 atom stereocenters. The van der Waals surface area contributed by atoms with Crippen LogP contribution in [0.1, 0.15) is 29.0 Å². The van der Waals surface area contributed by atoms with Gasteiger partial charge in [0.1, 0.15) is 11.5 Å². The third-order valence-electron chi connectivity index (χ3n) is 3.39. The molecule has 21 heavy (non-hydrogen) atoms. The van der Waals surface area contributed by atoms with Gasteiger partial charge < -0.3 is 14.2 Å². The van der Waals surface area contributed by atoms with Crippen LogP contribution >= 0.6 is 0 Å². The van der Waals surface area contributed by atoms with Crippen LogP contribution in [0, 0.1) is 20.8 Å². The van der Waals surface area contributed by atoms with Gasteiger partial charge in [-0.25, -0.2) is 0 Å². The number of hydrogen-bond acceptors (Lipinski definition) is 4. The van der Waals surface area contributed by atoms with E-state index < -0.39 is 0 Å².